The maximum Gasteiger partial charge on any atom is 0.224 e. The van der Waals surface area contributed by atoms with Crippen molar-refractivity contribution in [3.63, 3.8) is 0 Å². The van der Waals surface area contributed by atoms with Gasteiger partial charge in [-0.15, -0.1) is 0 Å². The molecule has 6 nitrogen and oxygen atoms in total. The molecule has 1 aliphatic rings. The third-order valence-corrected chi connectivity index (χ3v) is 4.61. The summed E-state index contributed by atoms with van der Waals surface area (Å²) in [5.74, 6) is -0.664. The Bertz CT molecular complexity index is 363. The summed E-state index contributed by atoms with van der Waals surface area (Å²) in [6.07, 6.45) is -0.136. The van der Waals surface area contributed by atoms with E-state index >= 15 is 0 Å². The van der Waals surface area contributed by atoms with Crippen molar-refractivity contribution in [2.45, 2.75) is 25.7 Å². The molecule has 1 amide bonds. The van der Waals surface area contributed by atoms with Crippen LogP contribution in [0.25, 0.3) is 0 Å². The third-order valence-electron chi connectivity index (χ3n) is 2.85. The van der Waals surface area contributed by atoms with Crippen molar-refractivity contribution < 1.29 is 22.7 Å². The number of hydrogen-bond donors (Lipinski definition) is 1. The normalized spacial score (nSPS) is 24.8. The molecule has 0 saturated carbocycles. The van der Waals surface area contributed by atoms with Crippen LogP contribution in [0.2, 0.25) is 0 Å². The average molecular weight is 265 g/mol. The Morgan fingerprint density at radius 2 is 1.94 bits per heavy atom. The summed E-state index contributed by atoms with van der Waals surface area (Å²) >= 11 is 0. The number of hydrogen-bond acceptors (Lipinski definition) is 5. The van der Waals surface area contributed by atoms with Gasteiger partial charge in [-0.3, -0.25) is 4.79 Å². The fraction of sp³-hybridized carbons (Fsp3) is 0.900. The molecule has 0 radical (unpaired) electrons. The fourth-order valence-corrected chi connectivity index (χ4v) is 3.66. The van der Waals surface area contributed by atoms with E-state index in [1.54, 1.807) is 6.92 Å². The highest BCUT2D eigenvalue weighted by molar-refractivity contribution is 7.91. The monoisotopic (exact) mass is 265 g/mol. The van der Waals surface area contributed by atoms with E-state index in [0.717, 1.165) is 0 Å². The van der Waals surface area contributed by atoms with Crippen molar-refractivity contribution in [3.8, 4) is 0 Å². The first-order valence-corrected chi connectivity index (χ1v) is 7.28. The van der Waals surface area contributed by atoms with Gasteiger partial charge >= 0.3 is 0 Å². The van der Waals surface area contributed by atoms with Gasteiger partial charge in [-0.05, 0) is 13.3 Å². The lowest BCUT2D eigenvalue weighted by Crippen LogP contribution is -2.45. The van der Waals surface area contributed by atoms with E-state index in [0.29, 0.717) is 6.42 Å². The second kappa shape index (κ2) is 5.79. The van der Waals surface area contributed by atoms with Crippen LogP contribution >= 0.6 is 0 Å². The fourth-order valence-electron chi connectivity index (χ4n) is 1.92. The zero-order valence-electron chi connectivity index (χ0n) is 10.3. The first-order chi connectivity index (χ1) is 7.89. The van der Waals surface area contributed by atoms with E-state index in [1.165, 1.54) is 14.2 Å². The summed E-state index contributed by atoms with van der Waals surface area (Å²) < 4.78 is 32.5. The molecular formula is C10H19NO5S. The quantitative estimate of drug-likeness (QED) is 0.681. The van der Waals surface area contributed by atoms with E-state index < -0.39 is 22.0 Å². The minimum atomic E-state index is -3.03. The Morgan fingerprint density at radius 1 is 1.35 bits per heavy atom. The van der Waals surface area contributed by atoms with Crippen molar-refractivity contribution in [1.29, 1.82) is 0 Å². The van der Waals surface area contributed by atoms with E-state index in [-0.39, 0.29) is 23.5 Å². The Kier molecular flexibility index (Phi) is 4.91. The molecule has 1 rings (SSSR count). The maximum absolute atomic E-state index is 11.8. The molecule has 100 valence electrons. The van der Waals surface area contributed by atoms with Gasteiger partial charge in [0.2, 0.25) is 5.91 Å². The van der Waals surface area contributed by atoms with Crippen LogP contribution in [0, 0.1) is 5.92 Å². The number of rotatable bonds is 5. The predicted octanol–water partition coefficient (Wildman–Crippen LogP) is -0.455. The maximum atomic E-state index is 11.8. The minimum Gasteiger partial charge on any atom is -0.354 e. The van der Waals surface area contributed by atoms with Gasteiger partial charge < -0.3 is 14.8 Å². The zero-order valence-corrected chi connectivity index (χ0v) is 11.1. The molecule has 0 bridgehead atoms. The van der Waals surface area contributed by atoms with Crippen LogP contribution in [0.4, 0.5) is 0 Å². The molecule has 1 fully saturated rings. The molecule has 7 heteroatoms. The molecule has 1 saturated heterocycles. The van der Waals surface area contributed by atoms with Crippen molar-refractivity contribution in [1.82, 2.24) is 5.32 Å². The van der Waals surface area contributed by atoms with Gasteiger partial charge in [-0.1, -0.05) is 0 Å². The van der Waals surface area contributed by atoms with E-state index in [1.807, 2.05) is 0 Å². The standard InChI is InChI=1S/C10H19NO5S/c1-7(10(15-2)16-3)11-9(12)8-4-5-17(13,14)6-8/h7-8,10H,4-6H2,1-3H3,(H,11,12). The van der Waals surface area contributed by atoms with Gasteiger partial charge in [-0.2, -0.15) is 0 Å². The van der Waals surface area contributed by atoms with Crippen molar-refractivity contribution in [3.05, 3.63) is 0 Å². The van der Waals surface area contributed by atoms with E-state index in [2.05, 4.69) is 5.32 Å². The first-order valence-electron chi connectivity index (χ1n) is 5.46. The van der Waals surface area contributed by atoms with Crippen molar-refractivity contribution in [2.75, 3.05) is 25.7 Å². The average Bonchev–Trinajstić information content (AvgIpc) is 2.60. The van der Waals surface area contributed by atoms with Crippen molar-refractivity contribution in [2.24, 2.45) is 5.92 Å². The van der Waals surface area contributed by atoms with Gasteiger partial charge in [0.25, 0.3) is 0 Å². The molecule has 2 atom stereocenters. The summed E-state index contributed by atoms with van der Waals surface area (Å²) in [4.78, 5) is 11.8. The first kappa shape index (κ1) is 14.4. The zero-order chi connectivity index (χ0) is 13.1. The van der Waals surface area contributed by atoms with Gasteiger partial charge in [0, 0.05) is 14.2 Å². The van der Waals surface area contributed by atoms with Crippen LogP contribution < -0.4 is 5.32 Å². The third kappa shape index (κ3) is 3.93. The number of methoxy groups -OCH3 is 2. The molecule has 0 aromatic rings. The summed E-state index contributed by atoms with van der Waals surface area (Å²) in [5, 5.41) is 2.71. The number of nitrogens with one attached hydrogen (secondary N) is 1. The van der Waals surface area contributed by atoms with Gasteiger partial charge in [-0.25, -0.2) is 8.42 Å². The minimum absolute atomic E-state index is 0.0593. The molecule has 0 aromatic carbocycles. The Hall–Kier alpha value is -0.660. The van der Waals surface area contributed by atoms with Crippen LogP contribution in [0.5, 0.6) is 0 Å². The largest absolute Gasteiger partial charge is 0.354 e. The van der Waals surface area contributed by atoms with E-state index in [9.17, 15) is 13.2 Å². The second-order valence-electron chi connectivity index (χ2n) is 4.24. The molecule has 0 aromatic heterocycles. The lowest BCUT2D eigenvalue weighted by atomic mass is 10.1. The number of carbonyl (C=O) groups is 1. The Balaban J connectivity index is 2.50. The second-order valence-corrected chi connectivity index (χ2v) is 6.47. The van der Waals surface area contributed by atoms with Gasteiger partial charge in [0.15, 0.2) is 16.1 Å². The Morgan fingerprint density at radius 3 is 2.35 bits per heavy atom. The van der Waals surface area contributed by atoms with Crippen LogP contribution in [-0.4, -0.2) is 52.4 Å². The molecule has 17 heavy (non-hydrogen) atoms. The molecule has 2 unspecified atom stereocenters. The van der Waals surface area contributed by atoms with Crippen LogP contribution in [0.3, 0.4) is 0 Å². The van der Waals surface area contributed by atoms with Crippen LogP contribution in [0.15, 0.2) is 0 Å². The molecule has 1 N–H and O–H groups in total. The van der Waals surface area contributed by atoms with Gasteiger partial charge in [0.05, 0.1) is 23.5 Å². The molecule has 0 spiro atoms. The van der Waals surface area contributed by atoms with Gasteiger partial charge in [0.1, 0.15) is 0 Å². The predicted molar refractivity (Wildman–Crippen MR) is 62.2 cm³/mol. The highest BCUT2D eigenvalue weighted by atomic mass is 32.2. The number of carbonyl (C=O) groups excluding carboxylic acids is 1. The molecule has 1 heterocycles. The smallest absolute Gasteiger partial charge is 0.224 e. The highest BCUT2D eigenvalue weighted by Crippen LogP contribution is 2.18. The Labute approximate surface area is 102 Å². The highest BCUT2D eigenvalue weighted by Gasteiger charge is 2.34. The summed E-state index contributed by atoms with van der Waals surface area (Å²) in [6.45, 7) is 1.75. The SMILES string of the molecule is COC(OC)C(C)NC(=O)C1CCS(=O)(=O)C1. The summed E-state index contributed by atoms with van der Waals surface area (Å²) in [6, 6.07) is -0.319. The number of amides is 1. The molecule has 0 aliphatic carbocycles. The lowest BCUT2D eigenvalue weighted by molar-refractivity contribution is -0.138. The van der Waals surface area contributed by atoms with Crippen LogP contribution in [-0.2, 0) is 24.1 Å². The van der Waals surface area contributed by atoms with E-state index in [4.69, 9.17) is 9.47 Å². The van der Waals surface area contributed by atoms with Crippen molar-refractivity contribution >= 4 is 15.7 Å². The van der Waals surface area contributed by atoms with Crippen LogP contribution in [0.1, 0.15) is 13.3 Å². The summed E-state index contributed by atoms with van der Waals surface area (Å²) in [7, 11) is -0.0650. The molecule has 1 aliphatic heterocycles. The summed E-state index contributed by atoms with van der Waals surface area (Å²) in [5.41, 5.74) is 0. The number of sulfone groups is 1. The number of ether oxygens (including phenoxy) is 2. The topological polar surface area (TPSA) is 81.7 Å². The molecular weight excluding hydrogens is 246 g/mol. The lowest BCUT2D eigenvalue weighted by Gasteiger charge is -2.23.